The van der Waals surface area contributed by atoms with Crippen LogP contribution < -0.4 is 10.1 Å². The molecule has 1 amide bonds. The van der Waals surface area contributed by atoms with Gasteiger partial charge in [-0.25, -0.2) is 8.42 Å². The zero-order valence-electron chi connectivity index (χ0n) is 15.6. The molecule has 0 saturated carbocycles. The second-order valence-electron chi connectivity index (χ2n) is 6.49. The Kier molecular flexibility index (Phi) is 6.77. The molecule has 0 radical (unpaired) electrons. The number of carbonyl (C=O) groups excluding carboxylic acids is 1. The predicted octanol–water partition coefficient (Wildman–Crippen LogP) is 2.77. The van der Waals surface area contributed by atoms with Crippen LogP contribution in [-0.2, 0) is 14.8 Å². The number of hydrogen-bond donors (Lipinski definition) is 1. The number of hydrogen-bond acceptors (Lipinski definition) is 6. The molecule has 2 aromatic rings. The maximum absolute atomic E-state index is 12.7. The minimum Gasteiger partial charge on any atom is -0.495 e. The Morgan fingerprint density at radius 3 is 2.54 bits per heavy atom. The van der Waals surface area contributed by atoms with Crippen molar-refractivity contribution in [1.29, 1.82) is 0 Å². The summed E-state index contributed by atoms with van der Waals surface area (Å²) in [5, 5.41) is 2.88. The van der Waals surface area contributed by atoms with E-state index in [0.29, 0.717) is 41.8 Å². The van der Waals surface area contributed by atoms with Crippen molar-refractivity contribution in [1.82, 2.24) is 9.21 Å². The van der Waals surface area contributed by atoms with Crippen LogP contribution in [0.1, 0.15) is 5.56 Å². The first-order valence-corrected chi connectivity index (χ1v) is 11.8. The molecule has 0 spiro atoms. The molecule has 1 N–H and O–H groups in total. The Morgan fingerprint density at radius 2 is 1.93 bits per heavy atom. The Bertz CT molecular complexity index is 953. The van der Waals surface area contributed by atoms with E-state index >= 15 is 0 Å². The van der Waals surface area contributed by atoms with Gasteiger partial charge in [-0.05, 0) is 52.7 Å². The molecular formula is C18H22BrN3O4S2. The summed E-state index contributed by atoms with van der Waals surface area (Å²) in [7, 11) is -1.92. The van der Waals surface area contributed by atoms with E-state index in [4.69, 9.17) is 4.74 Å². The quantitative estimate of drug-likeness (QED) is 0.677. The Balaban J connectivity index is 1.56. The first-order chi connectivity index (χ1) is 13.3. The number of nitrogens with one attached hydrogen (secondary N) is 1. The van der Waals surface area contributed by atoms with Crippen LogP contribution in [0, 0.1) is 6.92 Å². The lowest BCUT2D eigenvalue weighted by Crippen LogP contribution is -2.50. The van der Waals surface area contributed by atoms with Crippen molar-refractivity contribution in [3.05, 3.63) is 39.7 Å². The van der Waals surface area contributed by atoms with Gasteiger partial charge in [-0.3, -0.25) is 9.69 Å². The van der Waals surface area contributed by atoms with Crippen molar-refractivity contribution in [2.75, 3.05) is 45.2 Å². The maximum Gasteiger partial charge on any atom is 0.252 e. The van der Waals surface area contributed by atoms with E-state index < -0.39 is 10.0 Å². The molecule has 28 heavy (non-hydrogen) atoms. The third-order valence-electron chi connectivity index (χ3n) is 4.47. The standard InChI is InChI=1S/C18H22BrN3O4S2/c1-13-3-4-15(26-2)14(11-13)20-17(23)12-21-7-9-22(10-8-21)28(24,25)18-6-5-16(19)27-18/h3-6,11H,7-10,12H2,1-2H3,(H,20,23). The molecule has 1 aromatic heterocycles. The first kappa shape index (κ1) is 21.3. The summed E-state index contributed by atoms with van der Waals surface area (Å²) in [5.74, 6) is 0.458. The summed E-state index contributed by atoms with van der Waals surface area (Å²) in [6.07, 6.45) is 0. The number of thiophene rings is 1. The van der Waals surface area contributed by atoms with Gasteiger partial charge in [0.2, 0.25) is 5.91 Å². The number of halogens is 1. The second-order valence-corrected chi connectivity index (χ2v) is 11.1. The van der Waals surface area contributed by atoms with Crippen LogP contribution in [0.4, 0.5) is 5.69 Å². The number of nitrogens with zero attached hydrogens (tertiary/aromatic N) is 2. The molecule has 2 heterocycles. The third-order valence-corrected chi connectivity index (χ3v) is 8.46. The molecule has 0 bridgehead atoms. The summed E-state index contributed by atoms with van der Waals surface area (Å²) < 4.78 is 33.2. The average Bonchev–Trinajstić information content (AvgIpc) is 3.09. The lowest BCUT2D eigenvalue weighted by Gasteiger charge is -2.33. The number of rotatable bonds is 6. The smallest absolute Gasteiger partial charge is 0.252 e. The first-order valence-electron chi connectivity index (χ1n) is 8.72. The summed E-state index contributed by atoms with van der Waals surface area (Å²) in [5.41, 5.74) is 1.66. The van der Waals surface area contributed by atoms with Crippen LogP contribution >= 0.6 is 27.3 Å². The van der Waals surface area contributed by atoms with Crippen LogP contribution in [0.3, 0.4) is 0 Å². The minimum absolute atomic E-state index is 0.151. The number of carbonyl (C=O) groups is 1. The molecular weight excluding hydrogens is 466 g/mol. The third kappa shape index (κ3) is 4.93. The number of methoxy groups -OCH3 is 1. The molecule has 3 rings (SSSR count). The fraction of sp³-hybridized carbons (Fsp3) is 0.389. The highest BCUT2D eigenvalue weighted by molar-refractivity contribution is 9.11. The molecule has 1 aliphatic rings. The molecule has 7 nitrogen and oxygen atoms in total. The summed E-state index contributed by atoms with van der Waals surface area (Å²) in [6, 6.07) is 8.94. The number of sulfonamides is 1. The second kappa shape index (κ2) is 8.91. The van der Waals surface area contributed by atoms with E-state index in [2.05, 4.69) is 21.2 Å². The largest absolute Gasteiger partial charge is 0.495 e. The molecule has 0 aliphatic carbocycles. The number of ether oxygens (including phenoxy) is 1. The highest BCUT2D eigenvalue weighted by atomic mass is 79.9. The van der Waals surface area contributed by atoms with Gasteiger partial charge in [0.1, 0.15) is 9.96 Å². The van der Waals surface area contributed by atoms with Gasteiger partial charge in [0, 0.05) is 26.2 Å². The number of aryl methyl sites for hydroxylation is 1. The van der Waals surface area contributed by atoms with E-state index in [9.17, 15) is 13.2 Å². The van der Waals surface area contributed by atoms with Crippen molar-refractivity contribution in [3.8, 4) is 5.75 Å². The lowest BCUT2D eigenvalue weighted by atomic mass is 10.2. The summed E-state index contributed by atoms with van der Waals surface area (Å²) in [6.45, 7) is 3.88. The molecule has 0 atom stereocenters. The Labute approximate surface area is 177 Å². The van der Waals surface area contributed by atoms with Crippen molar-refractivity contribution < 1.29 is 17.9 Å². The van der Waals surface area contributed by atoms with Gasteiger partial charge in [-0.1, -0.05) is 6.07 Å². The van der Waals surface area contributed by atoms with Crippen LogP contribution in [0.5, 0.6) is 5.75 Å². The monoisotopic (exact) mass is 487 g/mol. The van der Waals surface area contributed by atoms with Crippen LogP contribution in [-0.4, -0.2) is 63.4 Å². The van der Waals surface area contributed by atoms with Gasteiger partial charge in [-0.15, -0.1) is 11.3 Å². The van der Waals surface area contributed by atoms with Crippen LogP contribution in [0.15, 0.2) is 38.3 Å². The normalized spacial score (nSPS) is 16.1. The zero-order valence-corrected chi connectivity index (χ0v) is 18.9. The van der Waals surface area contributed by atoms with Crippen molar-refractivity contribution in [2.45, 2.75) is 11.1 Å². The fourth-order valence-electron chi connectivity index (χ4n) is 3.00. The fourth-order valence-corrected chi connectivity index (χ4v) is 6.59. The Hall–Kier alpha value is -1.46. The van der Waals surface area contributed by atoms with E-state index in [0.717, 1.165) is 9.35 Å². The minimum atomic E-state index is -3.48. The number of piperazine rings is 1. The van der Waals surface area contributed by atoms with Gasteiger partial charge < -0.3 is 10.1 Å². The van der Waals surface area contributed by atoms with Gasteiger partial charge >= 0.3 is 0 Å². The van der Waals surface area contributed by atoms with E-state index in [1.165, 1.54) is 15.6 Å². The number of benzene rings is 1. The van der Waals surface area contributed by atoms with Crippen LogP contribution in [0.2, 0.25) is 0 Å². The SMILES string of the molecule is COc1ccc(C)cc1NC(=O)CN1CCN(S(=O)(=O)c2ccc(Br)s2)CC1. The molecule has 1 aliphatic heterocycles. The summed E-state index contributed by atoms with van der Waals surface area (Å²) in [4.78, 5) is 14.4. The highest BCUT2D eigenvalue weighted by Gasteiger charge is 2.30. The maximum atomic E-state index is 12.7. The number of anilines is 1. The van der Waals surface area contributed by atoms with Crippen molar-refractivity contribution >= 4 is 48.9 Å². The molecule has 1 saturated heterocycles. The Morgan fingerprint density at radius 1 is 1.21 bits per heavy atom. The molecule has 1 fully saturated rings. The van der Waals surface area contributed by atoms with Crippen LogP contribution in [0.25, 0.3) is 0 Å². The summed E-state index contributed by atoms with van der Waals surface area (Å²) >= 11 is 4.50. The highest BCUT2D eigenvalue weighted by Crippen LogP contribution is 2.29. The zero-order chi connectivity index (χ0) is 20.3. The molecule has 1 aromatic carbocycles. The average molecular weight is 488 g/mol. The van der Waals surface area contributed by atoms with Gasteiger partial charge in [0.25, 0.3) is 10.0 Å². The van der Waals surface area contributed by atoms with Gasteiger partial charge in [0.15, 0.2) is 0 Å². The lowest BCUT2D eigenvalue weighted by molar-refractivity contribution is -0.117. The van der Waals surface area contributed by atoms with E-state index in [1.807, 2.05) is 30.0 Å². The van der Waals surface area contributed by atoms with Crippen molar-refractivity contribution in [2.24, 2.45) is 0 Å². The van der Waals surface area contributed by atoms with E-state index in [1.54, 1.807) is 19.2 Å². The molecule has 152 valence electrons. The molecule has 0 unspecified atom stereocenters. The van der Waals surface area contributed by atoms with E-state index in [-0.39, 0.29) is 12.5 Å². The topological polar surface area (TPSA) is 79.0 Å². The van der Waals surface area contributed by atoms with Gasteiger partial charge in [0.05, 0.1) is 23.1 Å². The predicted molar refractivity (Wildman–Crippen MR) is 114 cm³/mol. The van der Waals surface area contributed by atoms with Crippen molar-refractivity contribution in [3.63, 3.8) is 0 Å². The van der Waals surface area contributed by atoms with Gasteiger partial charge in [-0.2, -0.15) is 4.31 Å². The number of amides is 1. The molecule has 10 heteroatoms.